The molecule has 3 aromatic rings. The monoisotopic (exact) mass is 393 g/mol. The van der Waals surface area contributed by atoms with Crippen molar-refractivity contribution in [3.05, 3.63) is 77.4 Å². The molecule has 1 saturated heterocycles. The number of carbonyl (C=O) groups is 3. The molecule has 0 saturated carbocycles. The number of hydrogen-bond acceptors (Lipinski definition) is 3. The van der Waals surface area contributed by atoms with E-state index in [0.29, 0.717) is 17.0 Å². The highest BCUT2D eigenvalue weighted by Crippen LogP contribution is 2.25. The van der Waals surface area contributed by atoms with Crippen LogP contribution in [0.5, 0.6) is 0 Å². The Morgan fingerprint density at radius 1 is 1.10 bits per heavy atom. The first-order valence-corrected chi connectivity index (χ1v) is 8.81. The first kappa shape index (κ1) is 18.4. The molecule has 0 unspecified atom stereocenters. The molecule has 0 spiro atoms. The number of amides is 3. The quantitative estimate of drug-likeness (QED) is 0.515. The van der Waals surface area contributed by atoms with Gasteiger partial charge in [-0.15, -0.1) is 0 Å². The van der Waals surface area contributed by atoms with Gasteiger partial charge >= 0.3 is 12.0 Å². The number of hydrogen-bond donors (Lipinski definition) is 2. The molecule has 146 valence electrons. The van der Waals surface area contributed by atoms with Crippen LogP contribution >= 0.6 is 0 Å². The van der Waals surface area contributed by atoms with E-state index in [1.165, 1.54) is 18.2 Å². The van der Waals surface area contributed by atoms with E-state index in [1.807, 2.05) is 35.0 Å². The zero-order valence-corrected chi connectivity index (χ0v) is 15.1. The Bertz CT molecular complexity index is 1160. The van der Waals surface area contributed by atoms with Crippen molar-refractivity contribution in [2.24, 2.45) is 0 Å². The van der Waals surface area contributed by atoms with Crippen LogP contribution in [-0.4, -0.2) is 39.0 Å². The minimum absolute atomic E-state index is 0.0148. The third-order valence-corrected chi connectivity index (χ3v) is 4.64. The number of nitrogens with one attached hydrogen (secondary N) is 1. The number of carboxylic acids is 1. The summed E-state index contributed by atoms with van der Waals surface area (Å²) in [6, 6.07) is 13.0. The predicted octanol–water partition coefficient (Wildman–Crippen LogP) is 2.81. The number of halogens is 1. The van der Waals surface area contributed by atoms with Crippen molar-refractivity contribution in [1.82, 2.24) is 14.8 Å². The Kier molecular flexibility index (Phi) is 4.59. The number of nitrogens with zero attached hydrogens (tertiary/aromatic N) is 2. The summed E-state index contributed by atoms with van der Waals surface area (Å²) in [4.78, 5) is 35.8. The number of aliphatic carboxylic acids is 1. The second-order valence-electron chi connectivity index (χ2n) is 6.63. The van der Waals surface area contributed by atoms with Gasteiger partial charge in [-0.3, -0.25) is 9.59 Å². The first-order chi connectivity index (χ1) is 13.9. The van der Waals surface area contributed by atoms with Crippen LogP contribution in [0.4, 0.5) is 9.18 Å². The summed E-state index contributed by atoms with van der Waals surface area (Å²) >= 11 is 0. The average Bonchev–Trinajstić information content (AvgIpc) is 3.16. The van der Waals surface area contributed by atoms with E-state index in [0.717, 1.165) is 16.5 Å². The van der Waals surface area contributed by atoms with Crippen LogP contribution in [0, 0.1) is 5.82 Å². The van der Waals surface area contributed by atoms with Crippen LogP contribution in [0.1, 0.15) is 11.1 Å². The number of carbonyl (C=O) groups excluding carboxylic acids is 2. The van der Waals surface area contributed by atoms with Crippen LogP contribution in [0.15, 0.2) is 60.4 Å². The number of carboxylic acid groups (broad SMARTS) is 1. The summed E-state index contributed by atoms with van der Waals surface area (Å²) in [7, 11) is 0. The molecule has 0 aliphatic carbocycles. The molecule has 2 N–H and O–H groups in total. The second-order valence-corrected chi connectivity index (χ2v) is 6.63. The maximum Gasteiger partial charge on any atom is 0.329 e. The smallest absolute Gasteiger partial charge is 0.329 e. The lowest BCUT2D eigenvalue weighted by atomic mass is 10.1. The Labute approximate surface area is 164 Å². The van der Waals surface area contributed by atoms with E-state index in [1.54, 1.807) is 12.1 Å². The van der Waals surface area contributed by atoms with E-state index in [2.05, 4.69) is 5.32 Å². The Balaban J connectivity index is 1.70. The molecule has 2 aromatic carbocycles. The minimum atomic E-state index is -1.27. The van der Waals surface area contributed by atoms with Crippen molar-refractivity contribution in [3.8, 4) is 0 Å². The molecule has 2 heterocycles. The Hall–Kier alpha value is -3.94. The summed E-state index contributed by atoms with van der Waals surface area (Å²) < 4.78 is 15.1. The molecule has 8 heteroatoms. The Morgan fingerprint density at radius 3 is 2.55 bits per heavy atom. The molecule has 0 atom stereocenters. The molecule has 1 aliphatic rings. The summed E-state index contributed by atoms with van der Waals surface area (Å²) in [5, 5.41) is 12.2. The van der Waals surface area contributed by atoms with Crippen molar-refractivity contribution in [3.63, 3.8) is 0 Å². The molecular weight excluding hydrogens is 377 g/mol. The van der Waals surface area contributed by atoms with Gasteiger partial charge in [0.05, 0.1) is 0 Å². The lowest BCUT2D eigenvalue weighted by Crippen LogP contribution is -2.35. The maximum atomic E-state index is 13.2. The highest BCUT2D eigenvalue weighted by molar-refractivity contribution is 6.15. The van der Waals surface area contributed by atoms with Gasteiger partial charge in [0.25, 0.3) is 5.91 Å². The molecule has 3 amide bonds. The van der Waals surface area contributed by atoms with Gasteiger partial charge in [0.2, 0.25) is 0 Å². The molecular formula is C21H16FN3O4. The van der Waals surface area contributed by atoms with Gasteiger partial charge in [-0.2, -0.15) is 0 Å². The van der Waals surface area contributed by atoms with Crippen LogP contribution < -0.4 is 5.32 Å². The number of para-hydroxylation sites is 1. The van der Waals surface area contributed by atoms with E-state index >= 15 is 0 Å². The van der Waals surface area contributed by atoms with Crippen molar-refractivity contribution >= 4 is 34.9 Å². The summed E-state index contributed by atoms with van der Waals surface area (Å²) in [5.74, 6) is -2.27. The number of benzene rings is 2. The van der Waals surface area contributed by atoms with E-state index in [9.17, 15) is 18.8 Å². The molecule has 0 bridgehead atoms. The molecule has 1 aliphatic heterocycles. The maximum absolute atomic E-state index is 13.2. The number of rotatable bonds is 5. The molecule has 1 fully saturated rings. The molecule has 0 radical (unpaired) electrons. The largest absolute Gasteiger partial charge is 0.480 e. The molecule has 1 aromatic heterocycles. The zero-order chi connectivity index (χ0) is 20.5. The second kappa shape index (κ2) is 7.23. The van der Waals surface area contributed by atoms with Gasteiger partial charge in [0.15, 0.2) is 0 Å². The number of fused-ring (bicyclic) bond motifs is 1. The average molecular weight is 393 g/mol. The summed E-state index contributed by atoms with van der Waals surface area (Å²) in [5.41, 5.74) is 2.52. The van der Waals surface area contributed by atoms with Gasteiger partial charge in [0.1, 0.15) is 18.1 Å². The van der Waals surface area contributed by atoms with Gasteiger partial charge in [-0.05, 0) is 29.8 Å². The zero-order valence-electron chi connectivity index (χ0n) is 15.1. The van der Waals surface area contributed by atoms with Crippen molar-refractivity contribution in [2.75, 3.05) is 6.54 Å². The Morgan fingerprint density at radius 2 is 1.83 bits per heavy atom. The third-order valence-electron chi connectivity index (χ3n) is 4.64. The summed E-state index contributed by atoms with van der Waals surface area (Å²) in [6.45, 7) is -0.205. The fourth-order valence-corrected chi connectivity index (χ4v) is 3.31. The van der Waals surface area contributed by atoms with Gasteiger partial charge in [-0.1, -0.05) is 30.3 Å². The van der Waals surface area contributed by atoms with Crippen LogP contribution in [0.25, 0.3) is 17.0 Å². The summed E-state index contributed by atoms with van der Waals surface area (Å²) in [6.07, 6.45) is 3.37. The SMILES string of the molecule is O=C(O)CN1C(=O)N/C(=C/c2cn(Cc3ccc(F)cc3)c3ccccc23)C1=O. The number of imide groups is 1. The molecule has 7 nitrogen and oxygen atoms in total. The van der Waals surface area contributed by atoms with Crippen LogP contribution in [0.2, 0.25) is 0 Å². The minimum Gasteiger partial charge on any atom is -0.480 e. The first-order valence-electron chi connectivity index (χ1n) is 8.81. The number of aromatic nitrogens is 1. The van der Waals surface area contributed by atoms with Crippen molar-refractivity contribution in [2.45, 2.75) is 6.54 Å². The van der Waals surface area contributed by atoms with Crippen LogP contribution in [-0.2, 0) is 16.1 Å². The van der Waals surface area contributed by atoms with Crippen molar-refractivity contribution < 1.29 is 23.9 Å². The van der Waals surface area contributed by atoms with Crippen molar-refractivity contribution in [1.29, 1.82) is 0 Å². The lowest BCUT2D eigenvalue weighted by Gasteiger charge is -2.06. The fourth-order valence-electron chi connectivity index (χ4n) is 3.31. The fraction of sp³-hybridized carbons (Fsp3) is 0.0952. The lowest BCUT2D eigenvalue weighted by molar-refractivity contribution is -0.140. The predicted molar refractivity (Wildman–Crippen MR) is 103 cm³/mol. The van der Waals surface area contributed by atoms with E-state index in [4.69, 9.17) is 5.11 Å². The molecule has 4 rings (SSSR count). The number of urea groups is 1. The highest BCUT2D eigenvalue weighted by Gasteiger charge is 2.35. The molecule has 29 heavy (non-hydrogen) atoms. The van der Waals surface area contributed by atoms with E-state index in [-0.39, 0.29) is 11.5 Å². The normalized spacial score (nSPS) is 15.3. The van der Waals surface area contributed by atoms with Gasteiger partial charge in [-0.25, -0.2) is 14.1 Å². The third kappa shape index (κ3) is 3.60. The van der Waals surface area contributed by atoms with Gasteiger partial charge in [0, 0.05) is 29.2 Å². The highest BCUT2D eigenvalue weighted by atomic mass is 19.1. The van der Waals surface area contributed by atoms with Gasteiger partial charge < -0.3 is 15.0 Å². The van der Waals surface area contributed by atoms with E-state index < -0.39 is 24.5 Å². The van der Waals surface area contributed by atoms with Crippen LogP contribution in [0.3, 0.4) is 0 Å². The topological polar surface area (TPSA) is 91.6 Å². The standard InChI is InChI=1S/C21H16FN3O4/c22-15-7-5-13(6-8-15)10-24-11-14(16-3-1-2-4-18(16)24)9-17-20(28)25(12-19(26)27)21(29)23-17/h1-9,11H,10,12H2,(H,23,29)(H,26,27)/b17-9+.